The van der Waals surface area contributed by atoms with Crippen LogP contribution in [0, 0.1) is 11.8 Å². The molecule has 48 heavy (non-hydrogen) atoms. The van der Waals surface area contributed by atoms with E-state index in [1.54, 1.807) is 4.31 Å². The fourth-order valence-electron chi connectivity index (χ4n) is 8.40. The molecule has 0 bridgehead atoms. The Labute approximate surface area is 283 Å². The van der Waals surface area contributed by atoms with Gasteiger partial charge < -0.3 is 9.64 Å². The fourth-order valence-corrected chi connectivity index (χ4v) is 10.1. The van der Waals surface area contributed by atoms with Gasteiger partial charge in [0.2, 0.25) is 21.4 Å². The Morgan fingerprint density at radius 2 is 1.58 bits per heavy atom. The van der Waals surface area contributed by atoms with Crippen LogP contribution in [0.1, 0.15) is 47.9 Å². The van der Waals surface area contributed by atoms with Gasteiger partial charge in [-0.2, -0.15) is 8.88 Å². The molecule has 1 saturated heterocycles. The maximum atomic E-state index is 14.4. The molecule has 4 heterocycles. The minimum absolute atomic E-state index is 0.143. The number of para-hydroxylation sites is 2. The third-order valence-corrected chi connectivity index (χ3v) is 13.0. The van der Waals surface area contributed by atoms with E-state index in [1.807, 2.05) is 24.3 Å². The van der Waals surface area contributed by atoms with E-state index in [4.69, 9.17) is 4.74 Å². The van der Waals surface area contributed by atoms with Gasteiger partial charge in [0, 0.05) is 84.7 Å². The molecule has 4 aliphatic heterocycles. The summed E-state index contributed by atoms with van der Waals surface area (Å²) < 4.78 is 39.7. The van der Waals surface area contributed by atoms with Crippen LogP contribution in [0.25, 0.3) is 0 Å². The number of anilines is 2. The van der Waals surface area contributed by atoms with Crippen molar-refractivity contribution in [3.05, 3.63) is 137 Å². The summed E-state index contributed by atoms with van der Waals surface area (Å²) in [6.45, 7) is 5.17. The van der Waals surface area contributed by atoms with E-state index in [9.17, 15) is 8.42 Å². The highest BCUT2D eigenvalue weighted by Gasteiger charge is 2.41. The molecule has 2 unspecified atom stereocenters. The van der Waals surface area contributed by atoms with E-state index < -0.39 is 10.0 Å². The first kappa shape index (κ1) is 29.7. The highest BCUT2D eigenvalue weighted by molar-refractivity contribution is 7.89. The summed E-state index contributed by atoms with van der Waals surface area (Å²) in [4.78, 5) is 2.77. The summed E-state index contributed by atoms with van der Waals surface area (Å²) in [6, 6.07) is 31.4. The van der Waals surface area contributed by atoms with Crippen molar-refractivity contribution in [3.8, 4) is 5.75 Å². The Morgan fingerprint density at radius 1 is 0.812 bits per heavy atom. The molecule has 4 aromatic carbocycles. The third kappa shape index (κ3) is 4.86. The number of ether oxygens (including phenoxy) is 1. The maximum Gasteiger partial charge on any atom is 0.243 e. The van der Waals surface area contributed by atoms with Gasteiger partial charge in [-0.1, -0.05) is 73.7 Å². The molecule has 0 N–H and O–H groups in total. The third-order valence-electron chi connectivity index (χ3n) is 11.0. The summed E-state index contributed by atoms with van der Waals surface area (Å²) in [6.07, 6.45) is 10.4. The molecular formula is C41H40N3O3S+. The molecular weight excluding hydrogens is 615 g/mol. The van der Waals surface area contributed by atoms with Crippen molar-refractivity contribution >= 4 is 32.8 Å². The lowest BCUT2D eigenvalue weighted by molar-refractivity contribution is -0.427. The predicted octanol–water partition coefficient (Wildman–Crippen LogP) is 7.74. The van der Waals surface area contributed by atoms with E-state index in [0.717, 1.165) is 72.8 Å². The zero-order valence-corrected chi connectivity index (χ0v) is 28.1. The van der Waals surface area contributed by atoms with E-state index in [2.05, 4.69) is 101 Å². The van der Waals surface area contributed by atoms with Crippen LogP contribution in [-0.2, 0) is 22.9 Å². The van der Waals surface area contributed by atoms with Crippen LogP contribution in [-0.4, -0.2) is 49.2 Å². The Bertz CT molecular complexity index is 2140. The zero-order valence-electron chi connectivity index (χ0n) is 27.3. The monoisotopic (exact) mass is 654 g/mol. The standard InChI is InChI=1S/C41H40N3O3S/c1-28-18-22-42(23-19-28)48(45,46)40-13-7-4-10-35(40)41-33-16-14-31(43-24-20-29-8-2-5-11-36(29)43)26-38(33)47-39-27-32(15-17-34(39)41)44-25-21-30-9-3-6-12-37(30)44/h2-17,26-28,33,41H,18-25H2,1H3/q+1/b43-31+. The van der Waals surface area contributed by atoms with E-state index in [-0.39, 0.29) is 11.8 Å². The molecule has 6 nitrogen and oxygen atoms in total. The van der Waals surface area contributed by atoms with E-state index in [0.29, 0.717) is 23.9 Å². The summed E-state index contributed by atoms with van der Waals surface area (Å²) >= 11 is 0. The Balaban J connectivity index is 1.18. The van der Waals surface area contributed by atoms with E-state index in [1.165, 1.54) is 22.5 Å². The first-order valence-corrected chi connectivity index (χ1v) is 18.8. The number of hydrogen-bond donors (Lipinski definition) is 0. The van der Waals surface area contributed by atoms with Crippen LogP contribution < -0.4 is 9.64 Å². The van der Waals surface area contributed by atoms with Gasteiger partial charge in [0.15, 0.2) is 6.54 Å². The number of allylic oxidation sites excluding steroid dienone is 3. The highest BCUT2D eigenvalue weighted by Crippen LogP contribution is 2.51. The lowest BCUT2D eigenvalue weighted by Crippen LogP contribution is -2.38. The molecule has 1 aliphatic carbocycles. The summed E-state index contributed by atoms with van der Waals surface area (Å²) in [7, 11) is -3.69. The van der Waals surface area contributed by atoms with Crippen molar-refractivity contribution in [1.82, 2.24) is 4.31 Å². The van der Waals surface area contributed by atoms with Gasteiger partial charge in [0.05, 0.1) is 4.90 Å². The van der Waals surface area contributed by atoms with Crippen LogP contribution in [0.3, 0.4) is 0 Å². The second-order valence-electron chi connectivity index (χ2n) is 13.8. The summed E-state index contributed by atoms with van der Waals surface area (Å²) in [5.74, 6) is 1.82. The molecule has 1 fully saturated rings. The van der Waals surface area contributed by atoms with Gasteiger partial charge in [-0.05, 0) is 54.5 Å². The first-order chi connectivity index (χ1) is 23.5. The predicted molar refractivity (Wildman–Crippen MR) is 190 cm³/mol. The van der Waals surface area contributed by atoms with Crippen LogP contribution in [0.4, 0.5) is 17.1 Å². The van der Waals surface area contributed by atoms with Gasteiger partial charge in [-0.25, -0.2) is 8.42 Å². The fraction of sp³-hybridized carbons (Fsp3) is 0.293. The average molecular weight is 655 g/mol. The normalized spacial score (nSPS) is 23.6. The number of piperidine rings is 1. The van der Waals surface area contributed by atoms with Crippen LogP contribution in [0.15, 0.2) is 120 Å². The van der Waals surface area contributed by atoms with Crippen molar-refractivity contribution in [2.24, 2.45) is 11.8 Å². The quantitative estimate of drug-likeness (QED) is 0.211. The van der Waals surface area contributed by atoms with Crippen LogP contribution in [0.2, 0.25) is 0 Å². The average Bonchev–Trinajstić information content (AvgIpc) is 3.75. The van der Waals surface area contributed by atoms with Gasteiger partial charge in [0.25, 0.3) is 0 Å². The zero-order chi connectivity index (χ0) is 32.4. The molecule has 242 valence electrons. The molecule has 7 heteroatoms. The lowest BCUT2D eigenvalue weighted by Gasteiger charge is -2.37. The SMILES string of the molecule is CC1CCN(S(=O)(=O)c2ccccc2C2c3ccc(N4CCc5ccccc54)cc3OC3=C/C(=[N+]4\CCc5ccccc54)C=CC32)CC1. The van der Waals surface area contributed by atoms with Gasteiger partial charge in [-0.15, -0.1) is 0 Å². The lowest BCUT2D eigenvalue weighted by atomic mass is 9.75. The molecule has 2 atom stereocenters. The molecule has 0 radical (unpaired) electrons. The number of rotatable bonds is 4. The first-order valence-electron chi connectivity index (χ1n) is 17.3. The number of benzene rings is 4. The summed E-state index contributed by atoms with van der Waals surface area (Å²) in [5.41, 5.74) is 9.21. The smallest absolute Gasteiger partial charge is 0.243 e. The second-order valence-corrected chi connectivity index (χ2v) is 15.7. The molecule has 0 spiro atoms. The van der Waals surface area contributed by atoms with Crippen LogP contribution >= 0.6 is 0 Å². The van der Waals surface area contributed by atoms with E-state index >= 15 is 0 Å². The molecule has 5 aliphatic rings. The Kier molecular flexibility index (Phi) is 7.17. The minimum Gasteiger partial charge on any atom is -0.460 e. The molecule has 4 aromatic rings. The highest BCUT2D eigenvalue weighted by atomic mass is 32.2. The van der Waals surface area contributed by atoms with Gasteiger partial charge >= 0.3 is 0 Å². The molecule has 9 rings (SSSR count). The molecule has 0 amide bonds. The van der Waals surface area contributed by atoms with Crippen LogP contribution in [0.5, 0.6) is 5.75 Å². The Hall–Kier alpha value is -4.46. The molecule has 0 aromatic heterocycles. The Morgan fingerprint density at radius 3 is 2.46 bits per heavy atom. The number of sulfonamides is 1. The number of fused-ring (bicyclic) bond motifs is 4. The minimum atomic E-state index is -3.69. The van der Waals surface area contributed by atoms with Crippen molar-refractivity contribution in [1.29, 1.82) is 0 Å². The summed E-state index contributed by atoms with van der Waals surface area (Å²) in [5, 5.41) is 0. The van der Waals surface area contributed by atoms with Crippen molar-refractivity contribution in [2.45, 2.75) is 43.4 Å². The topological polar surface area (TPSA) is 52.9 Å². The maximum absolute atomic E-state index is 14.4. The number of hydrogen-bond acceptors (Lipinski definition) is 4. The molecule has 0 saturated carbocycles. The van der Waals surface area contributed by atoms with Crippen molar-refractivity contribution in [3.63, 3.8) is 0 Å². The van der Waals surface area contributed by atoms with Gasteiger partial charge in [0.1, 0.15) is 11.5 Å². The number of nitrogens with zero attached hydrogens (tertiary/aromatic N) is 3. The largest absolute Gasteiger partial charge is 0.460 e. The van der Waals surface area contributed by atoms with Gasteiger partial charge in [-0.3, -0.25) is 0 Å². The van der Waals surface area contributed by atoms with Crippen molar-refractivity contribution < 1.29 is 17.7 Å². The van der Waals surface area contributed by atoms with Crippen molar-refractivity contribution in [2.75, 3.05) is 31.1 Å². The second kappa shape index (κ2) is 11.6.